The molecule has 1 amide bonds. The molecular formula is C19H23NO3. The Balaban J connectivity index is 1.75. The maximum atomic E-state index is 11.9. The van der Waals surface area contributed by atoms with Gasteiger partial charge in [-0.15, -0.1) is 0 Å². The Labute approximate surface area is 137 Å². The third-order valence-corrected chi connectivity index (χ3v) is 3.51. The number of rotatable bonds is 8. The Morgan fingerprint density at radius 1 is 1.17 bits per heavy atom. The minimum Gasteiger partial charge on any atom is -0.494 e. The molecule has 0 aliphatic carbocycles. The highest BCUT2D eigenvalue weighted by Crippen LogP contribution is 2.16. The first-order valence-electron chi connectivity index (χ1n) is 7.90. The van der Waals surface area contributed by atoms with Crippen LogP contribution in [0.3, 0.4) is 0 Å². The van der Waals surface area contributed by atoms with Gasteiger partial charge in [0.2, 0.25) is 5.91 Å². The highest BCUT2D eigenvalue weighted by molar-refractivity contribution is 5.76. The van der Waals surface area contributed by atoms with Gasteiger partial charge in [-0.1, -0.05) is 42.5 Å². The minimum atomic E-state index is -0.766. The highest BCUT2D eigenvalue weighted by atomic mass is 16.5. The van der Waals surface area contributed by atoms with Crippen molar-refractivity contribution in [1.82, 2.24) is 5.32 Å². The van der Waals surface area contributed by atoms with Gasteiger partial charge in [-0.05, 0) is 36.6 Å². The van der Waals surface area contributed by atoms with Gasteiger partial charge in [-0.25, -0.2) is 0 Å². The number of aliphatic hydroxyl groups is 1. The Morgan fingerprint density at radius 3 is 2.70 bits per heavy atom. The van der Waals surface area contributed by atoms with Crippen molar-refractivity contribution in [2.24, 2.45) is 0 Å². The van der Waals surface area contributed by atoms with Crippen molar-refractivity contribution in [3.63, 3.8) is 0 Å². The van der Waals surface area contributed by atoms with Crippen LogP contribution in [0.4, 0.5) is 0 Å². The van der Waals surface area contributed by atoms with Crippen LogP contribution < -0.4 is 10.1 Å². The van der Waals surface area contributed by atoms with Gasteiger partial charge in [0.25, 0.3) is 0 Å². The first-order valence-corrected chi connectivity index (χ1v) is 7.90. The lowest BCUT2D eigenvalue weighted by molar-refractivity contribution is -0.123. The van der Waals surface area contributed by atoms with Crippen LogP contribution in [-0.2, 0) is 11.2 Å². The van der Waals surface area contributed by atoms with Crippen LogP contribution >= 0.6 is 0 Å². The lowest BCUT2D eigenvalue weighted by atomic mass is 10.1. The van der Waals surface area contributed by atoms with E-state index in [-0.39, 0.29) is 12.3 Å². The minimum absolute atomic E-state index is 0.0724. The van der Waals surface area contributed by atoms with Crippen LogP contribution in [0.15, 0.2) is 54.6 Å². The van der Waals surface area contributed by atoms with Crippen LogP contribution in [0.2, 0.25) is 0 Å². The number of hydrogen-bond acceptors (Lipinski definition) is 3. The van der Waals surface area contributed by atoms with Gasteiger partial charge in [-0.2, -0.15) is 0 Å². The molecule has 0 aliphatic rings. The summed E-state index contributed by atoms with van der Waals surface area (Å²) < 4.78 is 5.46. The number of ether oxygens (including phenoxy) is 1. The zero-order chi connectivity index (χ0) is 16.5. The van der Waals surface area contributed by atoms with Crippen molar-refractivity contribution < 1.29 is 14.6 Å². The second-order valence-electron chi connectivity index (χ2n) is 5.31. The molecule has 0 aromatic heterocycles. The van der Waals surface area contributed by atoms with Crippen molar-refractivity contribution in [2.75, 3.05) is 13.2 Å². The van der Waals surface area contributed by atoms with E-state index in [1.807, 2.05) is 61.5 Å². The quantitative estimate of drug-likeness (QED) is 0.788. The van der Waals surface area contributed by atoms with Crippen molar-refractivity contribution >= 4 is 5.91 Å². The van der Waals surface area contributed by atoms with Gasteiger partial charge in [0.05, 0.1) is 19.1 Å². The molecular weight excluding hydrogens is 290 g/mol. The normalized spacial score (nSPS) is 11.7. The number of aliphatic hydroxyl groups excluding tert-OH is 1. The van der Waals surface area contributed by atoms with Crippen LogP contribution in [-0.4, -0.2) is 24.2 Å². The van der Waals surface area contributed by atoms with Crippen molar-refractivity contribution in [3.8, 4) is 5.75 Å². The van der Waals surface area contributed by atoms with Crippen molar-refractivity contribution in [1.29, 1.82) is 0 Å². The number of carbonyl (C=O) groups excluding carboxylic acids is 1. The summed E-state index contributed by atoms with van der Waals surface area (Å²) in [7, 11) is 0. The summed E-state index contributed by atoms with van der Waals surface area (Å²) in [4.78, 5) is 11.9. The van der Waals surface area contributed by atoms with E-state index in [0.29, 0.717) is 13.2 Å². The highest BCUT2D eigenvalue weighted by Gasteiger charge is 2.12. The molecule has 0 saturated carbocycles. The van der Waals surface area contributed by atoms with Gasteiger partial charge in [0.15, 0.2) is 0 Å². The molecule has 0 spiro atoms. The van der Waals surface area contributed by atoms with E-state index in [2.05, 4.69) is 5.32 Å². The second-order valence-corrected chi connectivity index (χ2v) is 5.31. The fourth-order valence-electron chi connectivity index (χ4n) is 2.34. The van der Waals surface area contributed by atoms with E-state index in [9.17, 15) is 9.90 Å². The summed E-state index contributed by atoms with van der Waals surface area (Å²) in [5.74, 6) is 0.693. The topological polar surface area (TPSA) is 58.6 Å². The molecule has 1 atom stereocenters. The molecule has 2 N–H and O–H groups in total. The number of benzene rings is 2. The molecule has 2 aromatic rings. The molecule has 0 saturated heterocycles. The van der Waals surface area contributed by atoms with E-state index in [4.69, 9.17) is 4.74 Å². The molecule has 23 heavy (non-hydrogen) atoms. The molecule has 1 unspecified atom stereocenters. The third-order valence-electron chi connectivity index (χ3n) is 3.51. The summed E-state index contributed by atoms with van der Waals surface area (Å²) in [6.45, 7) is 3.12. The molecule has 0 bridgehead atoms. The largest absolute Gasteiger partial charge is 0.494 e. The fraction of sp³-hybridized carbons (Fsp3) is 0.316. The average Bonchev–Trinajstić information content (AvgIpc) is 2.56. The van der Waals surface area contributed by atoms with Crippen LogP contribution in [0.1, 0.15) is 30.6 Å². The summed E-state index contributed by atoms with van der Waals surface area (Å²) in [6, 6.07) is 17.1. The Bertz CT molecular complexity index is 613. The second kappa shape index (κ2) is 8.96. The molecule has 0 fully saturated rings. The van der Waals surface area contributed by atoms with E-state index < -0.39 is 6.10 Å². The predicted octanol–water partition coefficient (Wildman–Crippen LogP) is 2.87. The van der Waals surface area contributed by atoms with Crippen molar-refractivity contribution in [2.45, 2.75) is 25.9 Å². The smallest absolute Gasteiger partial charge is 0.222 e. The molecule has 4 nitrogen and oxygen atoms in total. The van der Waals surface area contributed by atoms with Crippen LogP contribution in [0, 0.1) is 0 Å². The number of nitrogens with one attached hydrogen (secondary N) is 1. The van der Waals surface area contributed by atoms with Gasteiger partial charge < -0.3 is 15.2 Å². The molecule has 0 heterocycles. The maximum absolute atomic E-state index is 11.9. The average molecular weight is 313 g/mol. The number of hydrogen-bond donors (Lipinski definition) is 2. The molecule has 4 heteroatoms. The van der Waals surface area contributed by atoms with E-state index in [0.717, 1.165) is 23.3 Å². The zero-order valence-corrected chi connectivity index (χ0v) is 13.4. The standard InChI is InChI=1S/C19H23NO3/c1-2-23-17-10-6-7-15(13-17)11-12-20-19(22)14-18(21)16-8-4-3-5-9-16/h3-10,13,18,21H,2,11-12,14H2,1H3,(H,20,22). The van der Waals surface area contributed by atoms with Crippen molar-refractivity contribution in [3.05, 3.63) is 65.7 Å². The van der Waals surface area contributed by atoms with Gasteiger partial charge in [0.1, 0.15) is 5.75 Å². The lowest BCUT2D eigenvalue weighted by Crippen LogP contribution is -2.27. The molecule has 122 valence electrons. The molecule has 0 aliphatic heterocycles. The summed E-state index contributed by atoms with van der Waals surface area (Å²) in [5.41, 5.74) is 1.87. The predicted molar refractivity (Wildman–Crippen MR) is 90.3 cm³/mol. The Morgan fingerprint density at radius 2 is 1.96 bits per heavy atom. The molecule has 2 aromatic carbocycles. The van der Waals surface area contributed by atoms with E-state index in [1.165, 1.54) is 0 Å². The SMILES string of the molecule is CCOc1cccc(CCNC(=O)CC(O)c2ccccc2)c1. The fourth-order valence-corrected chi connectivity index (χ4v) is 2.34. The zero-order valence-electron chi connectivity index (χ0n) is 13.4. The summed E-state index contributed by atoms with van der Waals surface area (Å²) in [6.07, 6.45) is 0.0364. The lowest BCUT2D eigenvalue weighted by Gasteiger charge is -2.11. The van der Waals surface area contributed by atoms with E-state index >= 15 is 0 Å². The summed E-state index contributed by atoms with van der Waals surface area (Å²) >= 11 is 0. The van der Waals surface area contributed by atoms with Gasteiger partial charge in [0, 0.05) is 6.54 Å². The summed E-state index contributed by atoms with van der Waals surface area (Å²) in [5, 5.41) is 12.9. The van der Waals surface area contributed by atoms with Crippen LogP contribution in [0.5, 0.6) is 5.75 Å². The van der Waals surface area contributed by atoms with Crippen LogP contribution in [0.25, 0.3) is 0 Å². The van der Waals surface area contributed by atoms with Gasteiger partial charge in [-0.3, -0.25) is 4.79 Å². The Kier molecular flexibility index (Phi) is 6.63. The third kappa shape index (κ3) is 5.75. The number of amides is 1. The maximum Gasteiger partial charge on any atom is 0.222 e. The first kappa shape index (κ1) is 17.0. The Hall–Kier alpha value is -2.33. The first-order chi connectivity index (χ1) is 11.2. The van der Waals surface area contributed by atoms with Gasteiger partial charge >= 0.3 is 0 Å². The number of carbonyl (C=O) groups is 1. The monoisotopic (exact) mass is 313 g/mol. The van der Waals surface area contributed by atoms with E-state index in [1.54, 1.807) is 0 Å². The molecule has 0 radical (unpaired) electrons. The molecule has 2 rings (SSSR count).